The number of nitrogens with one attached hydrogen (secondary N) is 2. The predicted octanol–water partition coefficient (Wildman–Crippen LogP) is 1.59. The Morgan fingerprint density at radius 2 is 2.05 bits per heavy atom. The number of benzene rings is 1. The quantitative estimate of drug-likeness (QED) is 0.318. The van der Waals surface area contributed by atoms with Crippen LogP contribution in [0.2, 0.25) is 0 Å². The summed E-state index contributed by atoms with van der Waals surface area (Å²) in [4.78, 5) is 4.14. The fraction of sp³-hybridized carbons (Fsp3) is 0.533. The van der Waals surface area contributed by atoms with Crippen LogP contribution in [0.4, 0.5) is 0 Å². The second kappa shape index (κ2) is 9.34. The summed E-state index contributed by atoms with van der Waals surface area (Å²) >= 11 is 0. The maximum Gasteiger partial charge on any atom is 0.191 e. The van der Waals surface area contributed by atoms with Crippen LogP contribution in [0.25, 0.3) is 0 Å². The zero-order chi connectivity index (χ0) is 15.1. The molecule has 1 aromatic carbocycles. The second-order valence-corrected chi connectivity index (χ2v) is 7.56. The van der Waals surface area contributed by atoms with Crippen LogP contribution in [0.1, 0.15) is 18.4 Å². The first-order chi connectivity index (χ1) is 10.1. The van der Waals surface area contributed by atoms with E-state index in [2.05, 4.69) is 27.8 Å². The van der Waals surface area contributed by atoms with E-state index in [1.54, 1.807) is 7.05 Å². The molecule has 0 radical (unpaired) electrons. The van der Waals surface area contributed by atoms with Gasteiger partial charge in [0.05, 0.1) is 11.5 Å². The van der Waals surface area contributed by atoms with Gasteiger partial charge in [-0.15, -0.1) is 24.0 Å². The molecule has 124 valence electrons. The normalized spacial score (nSPS) is 20.2. The van der Waals surface area contributed by atoms with Gasteiger partial charge < -0.3 is 10.6 Å². The number of rotatable bonds is 5. The van der Waals surface area contributed by atoms with Crippen LogP contribution in [-0.4, -0.2) is 45.5 Å². The molecule has 7 heteroatoms. The van der Waals surface area contributed by atoms with Crippen molar-refractivity contribution in [2.75, 3.05) is 25.1 Å². The summed E-state index contributed by atoms with van der Waals surface area (Å²) in [6, 6.07) is 10.3. The first kappa shape index (κ1) is 19.2. The Kier molecular flexibility index (Phi) is 8.16. The van der Waals surface area contributed by atoms with Crippen LogP contribution in [0.3, 0.4) is 0 Å². The Balaban J connectivity index is 0.00000242. The SMILES string of the molecule is CN=C(NCCCc1ccccc1)NC1CCS(=O)(=O)C1.I. The van der Waals surface area contributed by atoms with Crippen molar-refractivity contribution in [3.05, 3.63) is 35.9 Å². The van der Waals surface area contributed by atoms with Crippen molar-refractivity contribution in [2.24, 2.45) is 4.99 Å². The lowest BCUT2D eigenvalue weighted by Gasteiger charge is -2.16. The number of sulfone groups is 1. The van der Waals surface area contributed by atoms with Gasteiger partial charge in [-0.1, -0.05) is 30.3 Å². The molecule has 0 amide bonds. The summed E-state index contributed by atoms with van der Waals surface area (Å²) in [5.41, 5.74) is 1.32. The first-order valence-corrected chi connectivity index (χ1v) is 9.13. The minimum atomic E-state index is -2.86. The number of guanidine groups is 1. The highest BCUT2D eigenvalue weighted by atomic mass is 127. The van der Waals surface area contributed by atoms with Gasteiger partial charge >= 0.3 is 0 Å². The van der Waals surface area contributed by atoms with Crippen LogP contribution in [0.15, 0.2) is 35.3 Å². The molecule has 1 aliphatic rings. The molecular weight excluding hydrogens is 413 g/mol. The highest BCUT2D eigenvalue weighted by molar-refractivity contribution is 14.0. The monoisotopic (exact) mass is 437 g/mol. The summed E-state index contributed by atoms with van der Waals surface area (Å²) in [5.74, 6) is 1.16. The van der Waals surface area contributed by atoms with Crippen molar-refractivity contribution in [1.82, 2.24) is 10.6 Å². The number of nitrogens with zero attached hydrogens (tertiary/aromatic N) is 1. The van der Waals surface area contributed by atoms with Crippen LogP contribution in [-0.2, 0) is 16.3 Å². The summed E-state index contributed by atoms with van der Waals surface area (Å²) in [6.45, 7) is 0.814. The minimum absolute atomic E-state index is 0. The molecule has 1 unspecified atom stereocenters. The van der Waals surface area contributed by atoms with Crippen LogP contribution >= 0.6 is 24.0 Å². The third kappa shape index (κ3) is 6.51. The fourth-order valence-corrected chi connectivity index (χ4v) is 4.11. The fourth-order valence-electron chi connectivity index (χ4n) is 2.44. The van der Waals surface area contributed by atoms with Crippen molar-refractivity contribution in [2.45, 2.75) is 25.3 Å². The van der Waals surface area contributed by atoms with Gasteiger partial charge in [-0.25, -0.2) is 8.42 Å². The molecule has 0 aromatic heterocycles. The molecule has 1 saturated heterocycles. The highest BCUT2D eigenvalue weighted by Gasteiger charge is 2.28. The van der Waals surface area contributed by atoms with Gasteiger partial charge in [0.15, 0.2) is 15.8 Å². The minimum Gasteiger partial charge on any atom is -0.356 e. The molecule has 0 bridgehead atoms. The summed E-state index contributed by atoms with van der Waals surface area (Å²) < 4.78 is 22.9. The van der Waals surface area contributed by atoms with Gasteiger partial charge in [-0.05, 0) is 24.8 Å². The van der Waals surface area contributed by atoms with Gasteiger partial charge in [-0.2, -0.15) is 0 Å². The van der Waals surface area contributed by atoms with Crippen LogP contribution in [0, 0.1) is 0 Å². The summed E-state index contributed by atoms with van der Waals surface area (Å²) in [6.07, 6.45) is 2.68. The highest BCUT2D eigenvalue weighted by Crippen LogP contribution is 2.10. The molecule has 2 rings (SSSR count). The van der Waals surface area contributed by atoms with E-state index in [0.29, 0.717) is 12.4 Å². The lowest BCUT2D eigenvalue weighted by molar-refractivity contribution is 0.599. The van der Waals surface area contributed by atoms with Crippen molar-refractivity contribution in [3.8, 4) is 0 Å². The number of aliphatic imine (C=N–C) groups is 1. The number of halogens is 1. The molecule has 0 saturated carbocycles. The van der Waals surface area contributed by atoms with E-state index in [1.807, 2.05) is 18.2 Å². The van der Waals surface area contributed by atoms with Gasteiger partial charge in [-0.3, -0.25) is 4.99 Å². The molecule has 1 heterocycles. The topological polar surface area (TPSA) is 70.6 Å². The predicted molar refractivity (Wildman–Crippen MR) is 102 cm³/mol. The largest absolute Gasteiger partial charge is 0.356 e. The molecule has 5 nitrogen and oxygen atoms in total. The third-order valence-corrected chi connectivity index (χ3v) is 5.34. The summed E-state index contributed by atoms with van der Waals surface area (Å²) in [5, 5.41) is 6.42. The van der Waals surface area contributed by atoms with E-state index < -0.39 is 9.84 Å². The lowest BCUT2D eigenvalue weighted by atomic mass is 10.1. The summed E-state index contributed by atoms with van der Waals surface area (Å²) in [7, 11) is -1.15. The van der Waals surface area contributed by atoms with Gasteiger partial charge in [0, 0.05) is 19.6 Å². The maximum atomic E-state index is 11.4. The van der Waals surface area contributed by atoms with Crippen molar-refractivity contribution in [3.63, 3.8) is 0 Å². The van der Waals surface area contributed by atoms with Gasteiger partial charge in [0.2, 0.25) is 0 Å². The third-order valence-electron chi connectivity index (χ3n) is 3.57. The Labute approximate surface area is 149 Å². The zero-order valence-electron chi connectivity index (χ0n) is 12.8. The van der Waals surface area contributed by atoms with E-state index in [1.165, 1.54) is 5.56 Å². The average Bonchev–Trinajstić information content (AvgIpc) is 2.82. The van der Waals surface area contributed by atoms with Crippen LogP contribution < -0.4 is 10.6 Å². The standard InChI is InChI=1S/C15H23N3O2S.HI/c1-16-15(18-14-9-11-21(19,20)12-14)17-10-5-8-13-6-3-2-4-7-13;/h2-4,6-7,14H,5,8-12H2,1H3,(H2,16,17,18);1H. The average molecular weight is 437 g/mol. The Bertz CT molecular complexity index is 576. The molecular formula is C15H24IN3O2S. The van der Waals surface area contributed by atoms with Crippen LogP contribution in [0.5, 0.6) is 0 Å². The van der Waals surface area contributed by atoms with E-state index in [4.69, 9.17) is 0 Å². The second-order valence-electron chi connectivity index (χ2n) is 5.33. The molecule has 1 atom stereocenters. The van der Waals surface area contributed by atoms with E-state index in [-0.39, 0.29) is 41.5 Å². The maximum absolute atomic E-state index is 11.4. The Morgan fingerprint density at radius 3 is 2.64 bits per heavy atom. The Morgan fingerprint density at radius 1 is 1.32 bits per heavy atom. The number of hydrogen-bond acceptors (Lipinski definition) is 3. The number of hydrogen-bond donors (Lipinski definition) is 2. The number of aryl methyl sites for hydroxylation is 1. The zero-order valence-corrected chi connectivity index (χ0v) is 15.9. The van der Waals surface area contributed by atoms with Crippen molar-refractivity contribution < 1.29 is 8.42 Å². The van der Waals surface area contributed by atoms with E-state index in [9.17, 15) is 8.42 Å². The molecule has 0 spiro atoms. The van der Waals surface area contributed by atoms with Crippen molar-refractivity contribution in [1.29, 1.82) is 0 Å². The molecule has 22 heavy (non-hydrogen) atoms. The van der Waals surface area contributed by atoms with Gasteiger partial charge in [0.1, 0.15) is 0 Å². The van der Waals surface area contributed by atoms with E-state index in [0.717, 1.165) is 19.4 Å². The van der Waals surface area contributed by atoms with Gasteiger partial charge in [0.25, 0.3) is 0 Å². The van der Waals surface area contributed by atoms with Crippen molar-refractivity contribution >= 4 is 39.8 Å². The molecule has 0 aliphatic carbocycles. The molecule has 1 aliphatic heterocycles. The molecule has 1 fully saturated rings. The Hall–Kier alpha value is -0.830. The lowest BCUT2D eigenvalue weighted by Crippen LogP contribution is -2.44. The van der Waals surface area contributed by atoms with E-state index >= 15 is 0 Å². The molecule has 2 N–H and O–H groups in total. The smallest absolute Gasteiger partial charge is 0.191 e. The molecule has 1 aromatic rings. The first-order valence-electron chi connectivity index (χ1n) is 7.30.